The van der Waals surface area contributed by atoms with E-state index in [0.717, 1.165) is 42.5 Å². The van der Waals surface area contributed by atoms with Crippen molar-refractivity contribution in [3.05, 3.63) is 101 Å². The zero-order valence-electron chi connectivity index (χ0n) is 21.1. The molecule has 5 nitrogen and oxygen atoms in total. The predicted octanol–water partition coefficient (Wildman–Crippen LogP) is 6.01. The minimum Gasteiger partial charge on any atom is -0.378 e. The van der Waals surface area contributed by atoms with Crippen LogP contribution in [0.1, 0.15) is 65.7 Å². The normalized spacial score (nSPS) is 26.2. The number of hydrogen-bond donors (Lipinski definition) is 2. The second-order valence-corrected chi connectivity index (χ2v) is 10.7. The fourth-order valence-corrected chi connectivity index (χ4v) is 6.65. The number of likely N-dealkylation sites (tertiary alicyclic amines) is 1. The topological polar surface area (TPSA) is 61.4 Å². The third-order valence-corrected chi connectivity index (χ3v) is 8.46. The van der Waals surface area contributed by atoms with Crippen molar-refractivity contribution in [2.75, 3.05) is 11.9 Å². The summed E-state index contributed by atoms with van der Waals surface area (Å²) in [5, 5.41) is 6.67. The number of carbonyl (C=O) groups is 2. The molecule has 0 radical (unpaired) electrons. The highest BCUT2D eigenvalue weighted by molar-refractivity contribution is 5.95. The maximum atomic E-state index is 14.4. The Balaban J connectivity index is 1.30. The zero-order valence-corrected chi connectivity index (χ0v) is 21.1. The van der Waals surface area contributed by atoms with Crippen molar-refractivity contribution in [2.24, 2.45) is 11.8 Å². The van der Waals surface area contributed by atoms with Gasteiger partial charge in [-0.2, -0.15) is 0 Å². The molecule has 3 aromatic carbocycles. The van der Waals surface area contributed by atoms with Gasteiger partial charge in [0, 0.05) is 35.3 Å². The highest BCUT2D eigenvalue weighted by atomic mass is 19.1. The highest BCUT2D eigenvalue weighted by Crippen LogP contribution is 2.52. The first-order chi connectivity index (χ1) is 18.5. The third-order valence-electron chi connectivity index (χ3n) is 8.46. The fraction of sp³-hybridized carbons (Fsp3) is 0.355. The number of nitrogens with one attached hydrogen (secondary N) is 2. The summed E-state index contributed by atoms with van der Waals surface area (Å²) in [5.74, 6) is -1.10. The minimum absolute atomic E-state index is 0.0136. The van der Waals surface area contributed by atoms with Gasteiger partial charge in [-0.3, -0.25) is 9.59 Å². The Kier molecular flexibility index (Phi) is 6.60. The summed E-state index contributed by atoms with van der Waals surface area (Å²) < 4.78 is 28.1. The molecule has 0 aromatic heterocycles. The average molecular weight is 516 g/mol. The SMILES string of the molecule is O=C(N[C@@H]1CCCC[C@@H]1C(=O)N1CC[C@@H]2[C@H](c3ccc(F)cc3)Nc3ccc(F)cc3[C@@H]21)c1ccccc1. The molecule has 2 amide bonds. The van der Waals surface area contributed by atoms with Gasteiger partial charge < -0.3 is 15.5 Å². The smallest absolute Gasteiger partial charge is 0.251 e. The van der Waals surface area contributed by atoms with Gasteiger partial charge in [0.25, 0.3) is 5.91 Å². The van der Waals surface area contributed by atoms with Crippen molar-refractivity contribution in [3.63, 3.8) is 0 Å². The van der Waals surface area contributed by atoms with Crippen molar-refractivity contribution in [2.45, 2.75) is 50.2 Å². The van der Waals surface area contributed by atoms with Crippen molar-refractivity contribution in [3.8, 4) is 0 Å². The lowest BCUT2D eigenvalue weighted by molar-refractivity contribution is -0.138. The number of halogens is 2. The summed E-state index contributed by atoms with van der Waals surface area (Å²) in [7, 11) is 0. The third kappa shape index (κ3) is 4.55. The maximum Gasteiger partial charge on any atom is 0.251 e. The molecule has 1 saturated carbocycles. The van der Waals surface area contributed by atoms with Gasteiger partial charge in [-0.05, 0) is 67.3 Å². The molecule has 5 atom stereocenters. The van der Waals surface area contributed by atoms with Gasteiger partial charge in [0.2, 0.25) is 5.91 Å². The molecule has 0 bridgehead atoms. The quantitative estimate of drug-likeness (QED) is 0.447. The number of fused-ring (bicyclic) bond motifs is 3. The Hall–Kier alpha value is -3.74. The van der Waals surface area contributed by atoms with Crippen LogP contribution in [0.5, 0.6) is 0 Å². The van der Waals surface area contributed by atoms with E-state index < -0.39 is 0 Å². The second-order valence-electron chi connectivity index (χ2n) is 10.7. The molecule has 2 fully saturated rings. The summed E-state index contributed by atoms with van der Waals surface area (Å²) in [6.45, 7) is 0.555. The molecule has 2 heterocycles. The Morgan fingerprint density at radius 1 is 0.868 bits per heavy atom. The van der Waals surface area contributed by atoms with Crippen molar-refractivity contribution >= 4 is 17.5 Å². The molecule has 7 heteroatoms. The van der Waals surface area contributed by atoms with E-state index in [1.807, 2.05) is 23.1 Å². The monoisotopic (exact) mass is 515 g/mol. The summed E-state index contributed by atoms with van der Waals surface area (Å²) >= 11 is 0. The Morgan fingerprint density at radius 3 is 2.39 bits per heavy atom. The van der Waals surface area contributed by atoms with Crippen molar-refractivity contribution in [1.82, 2.24) is 10.2 Å². The summed E-state index contributed by atoms with van der Waals surface area (Å²) in [5.41, 5.74) is 3.09. The number of hydrogen-bond acceptors (Lipinski definition) is 3. The molecule has 3 aliphatic rings. The van der Waals surface area contributed by atoms with E-state index in [1.165, 1.54) is 24.3 Å². The maximum absolute atomic E-state index is 14.4. The lowest BCUT2D eigenvalue weighted by Crippen LogP contribution is -2.50. The van der Waals surface area contributed by atoms with Crippen LogP contribution in [0.3, 0.4) is 0 Å². The molecule has 0 unspecified atom stereocenters. The van der Waals surface area contributed by atoms with Crippen LogP contribution in [-0.2, 0) is 4.79 Å². The number of amides is 2. The van der Waals surface area contributed by atoms with Crippen LogP contribution in [0, 0.1) is 23.5 Å². The molecule has 1 saturated heterocycles. The van der Waals surface area contributed by atoms with Gasteiger partial charge in [0.15, 0.2) is 0 Å². The number of anilines is 1. The van der Waals surface area contributed by atoms with Gasteiger partial charge in [-0.1, -0.05) is 43.2 Å². The summed E-state index contributed by atoms with van der Waals surface area (Å²) in [6.07, 6.45) is 4.10. The Bertz CT molecular complexity index is 1330. The second kappa shape index (κ2) is 10.2. The van der Waals surface area contributed by atoms with Crippen LogP contribution in [0.15, 0.2) is 72.8 Å². The zero-order chi connectivity index (χ0) is 26.2. The van der Waals surface area contributed by atoms with E-state index in [1.54, 1.807) is 30.3 Å². The standard InChI is InChI=1S/C31H31F2N3O2/c32-21-12-10-19(11-13-21)28-24-16-17-36(29(24)25-18-22(33)14-15-27(25)34-28)31(38)23-8-4-5-9-26(23)35-30(37)20-6-2-1-3-7-20/h1-3,6-7,10-15,18,23-24,26,28-29,34H,4-5,8-9,16-17H2,(H,35,37)/t23-,24+,26+,28-,29+/m0/s1. The van der Waals surface area contributed by atoms with E-state index in [-0.39, 0.29) is 53.4 Å². The van der Waals surface area contributed by atoms with Gasteiger partial charge in [-0.15, -0.1) is 0 Å². The van der Waals surface area contributed by atoms with Crippen LogP contribution in [0.25, 0.3) is 0 Å². The first kappa shape index (κ1) is 24.6. The molecule has 3 aromatic rings. The van der Waals surface area contributed by atoms with Crippen LogP contribution in [0.4, 0.5) is 14.5 Å². The largest absolute Gasteiger partial charge is 0.378 e. The molecular formula is C31H31F2N3O2. The lowest BCUT2D eigenvalue weighted by atomic mass is 9.79. The first-order valence-electron chi connectivity index (χ1n) is 13.5. The van der Waals surface area contributed by atoms with E-state index >= 15 is 0 Å². The van der Waals surface area contributed by atoms with Crippen LogP contribution in [-0.4, -0.2) is 29.3 Å². The molecule has 38 heavy (non-hydrogen) atoms. The Morgan fingerprint density at radius 2 is 1.61 bits per heavy atom. The number of benzene rings is 3. The highest BCUT2D eigenvalue weighted by Gasteiger charge is 2.48. The molecule has 6 rings (SSSR count). The fourth-order valence-electron chi connectivity index (χ4n) is 6.65. The van der Waals surface area contributed by atoms with Gasteiger partial charge in [0.1, 0.15) is 11.6 Å². The summed E-state index contributed by atoms with van der Waals surface area (Å²) in [6, 6.07) is 19.5. The van der Waals surface area contributed by atoms with Gasteiger partial charge in [-0.25, -0.2) is 8.78 Å². The first-order valence-corrected chi connectivity index (χ1v) is 13.5. The van der Waals surface area contributed by atoms with E-state index in [9.17, 15) is 18.4 Å². The molecule has 1 aliphatic carbocycles. The lowest BCUT2D eigenvalue weighted by Gasteiger charge is -2.42. The van der Waals surface area contributed by atoms with Crippen LogP contribution < -0.4 is 10.6 Å². The van der Waals surface area contributed by atoms with Crippen LogP contribution in [0.2, 0.25) is 0 Å². The minimum atomic E-state index is -0.338. The average Bonchev–Trinajstić information content (AvgIpc) is 3.39. The van der Waals surface area contributed by atoms with Crippen molar-refractivity contribution < 1.29 is 18.4 Å². The number of carbonyl (C=O) groups excluding carboxylic acids is 2. The molecule has 196 valence electrons. The van der Waals surface area contributed by atoms with Crippen LogP contribution >= 0.6 is 0 Å². The van der Waals surface area contributed by atoms with Gasteiger partial charge >= 0.3 is 0 Å². The predicted molar refractivity (Wildman–Crippen MR) is 141 cm³/mol. The van der Waals surface area contributed by atoms with Gasteiger partial charge in [0.05, 0.1) is 18.0 Å². The number of rotatable bonds is 4. The van der Waals surface area contributed by atoms with E-state index in [0.29, 0.717) is 18.5 Å². The molecule has 2 aliphatic heterocycles. The number of nitrogens with zero attached hydrogens (tertiary/aromatic N) is 1. The van der Waals surface area contributed by atoms with E-state index in [4.69, 9.17) is 0 Å². The molecular weight excluding hydrogens is 484 g/mol. The van der Waals surface area contributed by atoms with E-state index in [2.05, 4.69) is 10.6 Å². The molecule has 2 N–H and O–H groups in total. The Labute approximate surface area is 221 Å². The van der Waals surface area contributed by atoms with Crippen molar-refractivity contribution in [1.29, 1.82) is 0 Å². The molecule has 0 spiro atoms. The summed E-state index contributed by atoms with van der Waals surface area (Å²) in [4.78, 5) is 29.0.